The van der Waals surface area contributed by atoms with Gasteiger partial charge in [0.15, 0.2) is 0 Å². The number of carbonyl (C=O) groups excluding carboxylic acids is 1. The second-order valence-electron chi connectivity index (χ2n) is 7.36. The van der Waals surface area contributed by atoms with E-state index in [1.54, 1.807) is 31.4 Å². The average Bonchev–Trinajstić information content (AvgIpc) is 2.79. The number of hydrazone groups is 1. The molecule has 0 aliphatic carbocycles. The summed E-state index contributed by atoms with van der Waals surface area (Å²) in [4.78, 5) is 12.2. The van der Waals surface area contributed by atoms with Crippen molar-refractivity contribution in [1.82, 2.24) is 5.43 Å². The third kappa shape index (κ3) is 8.27. The van der Waals surface area contributed by atoms with E-state index in [4.69, 9.17) is 9.47 Å². The van der Waals surface area contributed by atoms with E-state index in [0.29, 0.717) is 11.3 Å². The Kier molecular flexibility index (Phi) is 10.5. The fourth-order valence-corrected chi connectivity index (χ4v) is 3.05. The maximum atomic E-state index is 12.2. The fraction of sp³-hybridized carbons (Fsp3) is 0.440. The molecule has 162 valence electrons. The van der Waals surface area contributed by atoms with Crippen LogP contribution in [-0.2, 0) is 0 Å². The van der Waals surface area contributed by atoms with Crippen LogP contribution in [-0.4, -0.2) is 25.3 Å². The molecule has 0 saturated carbocycles. The van der Waals surface area contributed by atoms with Crippen molar-refractivity contribution < 1.29 is 14.3 Å². The first-order valence-electron chi connectivity index (χ1n) is 10.9. The topological polar surface area (TPSA) is 59.9 Å². The number of amides is 1. The van der Waals surface area contributed by atoms with Crippen LogP contribution < -0.4 is 14.9 Å². The number of unbranched alkanes of at least 4 members (excludes halogenated alkanes) is 6. The molecule has 0 saturated heterocycles. The fourth-order valence-electron chi connectivity index (χ4n) is 3.05. The molecule has 0 aliphatic heterocycles. The molecule has 0 bridgehead atoms. The summed E-state index contributed by atoms with van der Waals surface area (Å²) in [5.41, 5.74) is 4.79. The molecule has 0 heterocycles. The van der Waals surface area contributed by atoms with Gasteiger partial charge in [-0.25, -0.2) is 5.43 Å². The molecule has 0 aromatic heterocycles. The van der Waals surface area contributed by atoms with Crippen LogP contribution in [0.4, 0.5) is 0 Å². The highest BCUT2D eigenvalue weighted by Gasteiger charge is 2.05. The molecule has 0 aliphatic rings. The molecule has 2 rings (SSSR count). The van der Waals surface area contributed by atoms with Gasteiger partial charge >= 0.3 is 0 Å². The van der Waals surface area contributed by atoms with Gasteiger partial charge in [0.25, 0.3) is 5.91 Å². The van der Waals surface area contributed by atoms with Gasteiger partial charge in [-0.3, -0.25) is 4.79 Å². The maximum Gasteiger partial charge on any atom is 0.271 e. The van der Waals surface area contributed by atoms with Crippen molar-refractivity contribution in [3.63, 3.8) is 0 Å². The molecule has 0 unspecified atom stereocenters. The van der Waals surface area contributed by atoms with E-state index in [0.717, 1.165) is 30.1 Å². The summed E-state index contributed by atoms with van der Waals surface area (Å²) in [5, 5.41) is 4.21. The highest BCUT2D eigenvalue weighted by atomic mass is 16.5. The van der Waals surface area contributed by atoms with Crippen LogP contribution in [0.25, 0.3) is 0 Å². The Labute approximate surface area is 180 Å². The number of hydrogen-bond acceptors (Lipinski definition) is 4. The van der Waals surface area contributed by atoms with Crippen LogP contribution in [0, 0.1) is 0 Å². The molecule has 2 aromatic rings. The van der Waals surface area contributed by atoms with Crippen LogP contribution in [0.15, 0.2) is 53.6 Å². The molecule has 1 N–H and O–H groups in total. The van der Waals surface area contributed by atoms with Gasteiger partial charge in [0.1, 0.15) is 11.5 Å². The van der Waals surface area contributed by atoms with Crippen molar-refractivity contribution in [2.45, 2.75) is 58.8 Å². The van der Waals surface area contributed by atoms with E-state index in [9.17, 15) is 4.79 Å². The summed E-state index contributed by atoms with van der Waals surface area (Å²) in [7, 11) is 1.59. The van der Waals surface area contributed by atoms with Gasteiger partial charge in [-0.2, -0.15) is 5.10 Å². The minimum absolute atomic E-state index is 0.258. The lowest BCUT2D eigenvalue weighted by Gasteiger charge is -2.08. The lowest BCUT2D eigenvalue weighted by atomic mass is 10.1. The van der Waals surface area contributed by atoms with E-state index < -0.39 is 0 Å². The smallest absolute Gasteiger partial charge is 0.271 e. The summed E-state index contributed by atoms with van der Waals surface area (Å²) in [6.07, 6.45) is 8.92. The molecule has 30 heavy (non-hydrogen) atoms. The van der Waals surface area contributed by atoms with Gasteiger partial charge in [-0.05, 0) is 67.4 Å². The number of benzene rings is 2. The summed E-state index contributed by atoms with van der Waals surface area (Å²) in [6, 6.07) is 14.7. The van der Waals surface area contributed by atoms with Crippen molar-refractivity contribution in [1.29, 1.82) is 0 Å². The number of nitrogens with one attached hydrogen (secondary N) is 1. The molecule has 0 radical (unpaired) electrons. The van der Waals surface area contributed by atoms with Crippen LogP contribution in [0.3, 0.4) is 0 Å². The van der Waals surface area contributed by atoms with Crippen LogP contribution in [0.2, 0.25) is 0 Å². The molecule has 0 spiro atoms. The van der Waals surface area contributed by atoms with E-state index in [-0.39, 0.29) is 5.91 Å². The first kappa shape index (κ1) is 23.5. The molecular weight excluding hydrogens is 376 g/mol. The summed E-state index contributed by atoms with van der Waals surface area (Å²) >= 11 is 0. The standard InChI is InChI=1S/C25H34N2O3/c1-4-5-6-7-8-9-10-19-30-24-17-11-21(12-18-24)20(2)26-27-25(28)22-13-15-23(29-3)16-14-22/h11-18H,4-10,19H2,1-3H3,(H,27,28). The van der Waals surface area contributed by atoms with Gasteiger partial charge in [0.2, 0.25) is 0 Å². The quantitative estimate of drug-likeness (QED) is 0.251. The molecule has 0 fully saturated rings. The second kappa shape index (κ2) is 13.4. The number of ether oxygens (including phenoxy) is 2. The lowest BCUT2D eigenvalue weighted by molar-refractivity contribution is 0.0955. The number of nitrogens with zero attached hydrogens (tertiary/aromatic N) is 1. The monoisotopic (exact) mass is 410 g/mol. The highest BCUT2D eigenvalue weighted by molar-refractivity contribution is 6.00. The molecule has 5 nitrogen and oxygen atoms in total. The first-order chi connectivity index (χ1) is 14.6. The second-order valence-corrected chi connectivity index (χ2v) is 7.36. The Balaban J connectivity index is 1.74. The van der Waals surface area contributed by atoms with Gasteiger partial charge in [-0.15, -0.1) is 0 Å². The van der Waals surface area contributed by atoms with E-state index in [1.807, 2.05) is 31.2 Å². The Bertz CT molecular complexity index is 783. The average molecular weight is 411 g/mol. The molecular formula is C25H34N2O3. The van der Waals surface area contributed by atoms with Crippen molar-refractivity contribution in [3.8, 4) is 11.5 Å². The minimum atomic E-state index is -0.258. The van der Waals surface area contributed by atoms with E-state index in [2.05, 4.69) is 17.5 Å². The predicted molar refractivity (Wildman–Crippen MR) is 123 cm³/mol. The first-order valence-corrected chi connectivity index (χ1v) is 10.9. The van der Waals surface area contributed by atoms with Crippen molar-refractivity contribution in [2.75, 3.05) is 13.7 Å². The lowest BCUT2D eigenvalue weighted by Crippen LogP contribution is -2.19. The molecule has 5 heteroatoms. The van der Waals surface area contributed by atoms with Gasteiger partial charge in [0.05, 0.1) is 19.4 Å². The van der Waals surface area contributed by atoms with Crippen molar-refractivity contribution in [2.24, 2.45) is 5.10 Å². The number of hydrogen-bond donors (Lipinski definition) is 1. The van der Waals surface area contributed by atoms with E-state index in [1.165, 1.54) is 38.5 Å². The Morgan fingerprint density at radius 3 is 2.03 bits per heavy atom. The third-order valence-electron chi connectivity index (χ3n) is 4.97. The van der Waals surface area contributed by atoms with Crippen LogP contribution >= 0.6 is 0 Å². The van der Waals surface area contributed by atoms with Crippen LogP contribution in [0.5, 0.6) is 11.5 Å². The molecule has 2 aromatic carbocycles. The number of methoxy groups -OCH3 is 1. The SMILES string of the molecule is CCCCCCCCCOc1ccc(C(C)=NNC(=O)c2ccc(OC)cc2)cc1. The minimum Gasteiger partial charge on any atom is -0.497 e. The van der Waals surface area contributed by atoms with Crippen LogP contribution in [0.1, 0.15) is 74.7 Å². The molecule has 0 atom stereocenters. The zero-order valence-corrected chi connectivity index (χ0v) is 18.4. The van der Waals surface area contributed by atoms with Gasteiger partial charge in [-0.1, -0.05) is 45.4 Å². The highest BCUT2D eigenvalue weighted by Crippen LogP contribution is 2.15. The normalized spacial score (nSPS) is 11.2. The molecule has 1 amide bonds. The predicted octanol–water partition coefficient (Wildman–Crippen LogP) is 5.98. The third-order valence-corrected chi connectivity index (χ3v) is 4.97. The largest absolute Gasteiger partial charge is 0.497 e. The Morgan fingerprint density at radius 2 is 1.40 bits per heavy atom. The summed E-state index contributed by atoms with van der Waals surface area (Å²) in [5.74, 6) is 1.31. The number of carbonyl (C=O) groups is 1. The summed E-state index contributed by atoms with van der Waals surface area (Å²) in [6.45, 7) is 4.85. The van der Waals surface area contributed by atoms with Crippen molar-refractivity contribution >= 4 is 11.6 Å². The summed E-state index contributed by atoms with van der Waals surface area (Å²) < 4.78 is 10.9. The van der Waals surface area contributed by atoms with Gasteiger partial charge in [0, 0.05) is 5.56 Å². The van der Waals surface area contributed by atoms with Crippen molar-refractivity contribution in [3.05, 3.63) is 59.7 Å². The zero-order chi connectivity index (χ0) is 21.6. The van der Waals surface area contributed by atoms with Gasteiger partial charge < -0.3 is 9.47 Å². The zero-order valence-electron chi connectivity index (χ0n) is 18.4. The maximum absolute atomic E-state index is 12.2. The Morgan fingerprint density at radius 1 is 0.833 bits per heavy atom. The Hall–Kier alpha value is -2.82. The number of rotatable bonds is 13. The van der Waals surface area contributed by atoms with E-state index >= 15 is 0 Å².